The lowest BCUT2D eigenvalue weighted by Gasteiger charge is -2.15. The number of hydrogen-bond donors (Lipinski definition) is 0. The van der Waals surface area contributed by atoms with E-state index in [1.165, 1.54) is 6.92 Å². The summed E-state index contributed by atoms with van der Waals surface area (Å²) in [5.74, 6) is -0.417. The van der Waals surface area contributed by atoms with Gasteiger partial charge in [0.05, 0.1) is 4.92 Å². The number of nitro groups is 1. The molecule has 0 aliphatic heterocycles. The molecule has 22 heavy (non-hydrogen) atoms. The molecule has 0 aliphatic carbocycles. The van der Waals surface area contributed by atoms with Gasteiger partial charge in [-0.2, -0.15) is 13.2 Å². The minimum atomic E-state index is -4.73. The molecular formula is C15H12F3NO3. The van der Waals surface area contributed by atoms with Crippen LogP contribution in [0.2, 0.25) is 0 Å². The number of aryl methyl sites for hydroxylation is 1. The normalized spacial score (nSPS) is 11.3. The lowest BCUT2D eigenvalue weighted by atomic mass is 10.1. The van der Waals surface area contributed by atoms with Gasteiger partial charge in [0.1, 0.15) is 17.9 Å². The second-order valence-corrected chi connectivity index (χ2v) is 4.66. The molecule has 0 saturated heterocycles. The Hall–Kier alpha value is -2.57. The lowest BCUT2D eigenvalue weighted by molar-refractivity contribution is -0.385. The molecule has 0 atom stereocenters. The molecule has 2 aromatic carbocycles. The van der Waals surface area contributed by atoms with Crippen molar-refractivity contribution < 1.29 is 22.8 Å². The highest BCUT2D eigenvalue weighted by atomic mass is 19.4. The number of alkyl halides is 3. The lowest BCUT2D eigenvalue weighted by Crippen LogP contribution is -2.10. The van der Waals surface area contributed by atoms with Crippen molar-refractivity contribution in [3.63, 3.8) is 0 Å². The fourth-order valence-corrected chi connectivity index (χ4v) is 1.94. The highest BCUT2D eigenvalue weighted by molar-refractivity contribution is 5.51. The van der Waals surface area contributed by atoms with Crippen LogP contribution in [0.15, 0.2) is 42.5 Å². The van der Waals surface area contributed by atoms with E-state index in [4.69, 9.17) is 4.74 Å². The second-order valence-electron chi connectivity index (χ2n) is 4.66. The predicted molar refractivity (Wildman–Crippen MR) is 73.6 cm³/mol. The number of rotatable bonds is 4. The van der Waals surface area contributed by atoms with E-state index in [0.29, 0.717) is 11.6 Å². The monoisotopic (exact) mass is 311 g/mol. The van der Waals surface area contributed by atoms with Crippen LogP contribution in [0.4, 0.5) is 18.9 Å². The van der Waals surface area contributed by atoms with Gasteiger partial charge in [-0.05, 0) is 18.6 Å². The van der Waals surface area contributed by atoms with Crippen molar-refractivity contribution in [1.29, 1.82) is 0 Å². The van der Waals surface area contributed by atoms with Crippen LogP contribution in [0.25, 0.3) is 0 Å². The summed E-state index contributed by atoms with van der Waals surface area (Å²) in [7, 11) is 0. The third kappa shape index (κ3) is 3.55. The van der Waals surface area contributed by atoms with E-state index >= 15 is 0 Å². The van der Waals surface area contributed by atoms with Crippen LogP contribution < -0.4 is 4.74 Å². The summed E-state index contributed by atoms with van der Waals surface area (Å²) in [6.45, 7) is 1.31. The van der Waals surface area contributed by atoms with Crippen LogP contribution >= 0.6 is 0 Å². The van der Waals surface area contributed by atoms with Crippen LogP contribution in [0.3, 0.4) is 0 Å². The Labute approximate surface area is 124 Å². The summed E-state index contributed by atoms with van der Waals surface area (Å²) in [6, 6.07) is 10.2. The molecule has 0 aromatic heterocycles. The zero-order valence-corrected chi connectivity index (χ0v) is 11.6. The predicted octanol–water partition coefficient (Wildman–Crippen LogP) is 4.50. The average molecular weight is 311 g/mol. The second kappa shape index (κ2) is 6.05. The molecule has 0 radical (unpaired) electrons. The van der Waals surface area contributed by atoms with E-state index in [1.807, 2.05) is 0 Å². The maximum atomic E-state index is 13.0. The van der Waals surface area contributed by atoms with Gasteiger partial charge in [0.2, 0.25) is 0 Å². The Bertz CT molecular complexity index is 684. The molecule has 0 bridgehead atoms. The van der Waals surface area contributed by atoms with Gasteiger partial charge < -0.3 is 4.74 Å². The van der Waals surface area contributed by atoms with Crippen molar-refractivity contribution in [2.24, 2.45) is 0 Å². The summed E-state index contributed by atoms with van der Waals surface area (Å²) in [6.07, 6.45) is -4.73. The fourth-order valence-electron chi connectivity index (χ4n) is 1.94. The van der Waals surface area contributed by atoms with E-state index in [9.17, 15) is 23.3 Å². The first-order valence-electron chi connectivity index (χ1n) is 6.32. The van der Waals surface area contributed by atoms with Crippen LogP contribution in [-0.4, -0.2) is 4.92 Å². The standard InChI is InChI=1S/C15H12F3NO3/c1-10-7-14(22-9-11-5-3-2-4-6-11)12(15(16,17)18)8-13(10)19(20)21/h2-8H,9H2,1H3. The number of hydrogen-bond acceptors (Lipinski definition) is 3. The van der Waals surface area contributed by atoms with Crippen LogP contribution in [-0.2, 0) is 12.8 Å². The van der Waals surface area contributed by atoms with Gasteiger partial charge >= 0.3 is 6.18 Å². The summed E-state index contributed by atoms with van der Waals surface area (Å²) in [5.41, 5.74) is -0.923. The van der Waals surface area contributed by atoms with Crippen molar-refractivity contribution >= 4 is 5.69 Å². The smallest absolute Gasteiger partial charge is 0.420 e. The van der Waals surface area contributed by atoms with E-state index in [2.05, 4.69) is 0 Å². The Morgan fingerprint density at radius 1 is 1.18 bits per heavy atom. The number of halogens is 3. The quantitative estimate of drug-likeness (QED) is 0.617. The average Bonchev–Trinajstić information content (AvgIpc) is 2.44. The van der Waals surface area contributed by atoms with Gasteiger partial charge in [0, 0.05) is 11.6 Å². The van der Waals surface area contributed by atoms with Crippen LogP contribution in [0.1, 0.15) is 16.7 Å². The zero-order valence-electron chi connectivity index (χ0n) is 11.6. The van der Waals surface area contributed by atoms with Crippen molar-refractivity contribution in [2.45, 2.75) is 19.7 Å². The summed E-state index contributed by atoms with van der Waals surface area (Å²) < 4.78 is 44.4. The minimum Gasteiger partial charge on any atom is -0.488 e. The summed E-state index contributed by atoms with van der Waals surface area (Å²) in [5, 5.41) is 10.8. The maximum Gasteiger partial charge on any atom is 0.420 e. The topological polar surface area (TPSA) is 52.4 Å². The van der Waals surface area contributed by atoms with E-state index in [1.54, 1.807) is 30.3 Å². The van der Waals surface area contributed by atoms with Gasteiger partial charge in [-0.25, -0.2) is 0 Å². The van der Waals surface area contributed by atoms with Gasteiger partial charge in [0.25, 0.3) is 5.69 Å². The van der Waals surface area contributed by atoms with E-state index < -0.39 is 28.1 Å². The molecule has 0 saturated carbocycles. The van der Waals surface area contributed by atoms with Crippen LogP contribution in [0, 0.1) is 17.0 Å². The third-order valence-electron chi connectivity index (χ3n) is 3.04. The van der Waals surface area contributed by atoms with Gasteiger partial charge in [0.15, 0.2) is 0 Å². The molecule has 2 rings (SSSR count). The van der Waals surface area contributed by atoms with Gasteiger partial charge in [-0.1, -0.05) is 30.3 Å². The largest absolute Gasteiger partial charge is 0.488 e. The SMILES string of the molecule is Cc1cc(OCc2ccccc2)c(C(F)(F)F)cc1[N+](=O)[O-]. The molecular weight excluding hydrogens is 299 g/mol. The van der Waals surface area contributed by atoms with Crippen molar-refractivity contribution in [3.8, 4) is 5.75 Å². The first-order chi connectivity index (χ1) is 10.3. The number of nitro benzene ring substituents is 1. The highest BCUT2D eigenvalue weighted by Gasteiger charge is 2.37. The van der Waals surface area contributed by atoms with Crippen molar-refractivity contribution in [1.82, 2.24) is 0 Å². The fraction of sp³-hybridized carbons (Fsp3) is 0.200. The molecule has 0 N–H and O–H groups in total. The van der Waals surface area contributed by atoms with E-state index in [-0.39, 0.29) is 12.2 Å². The Kier molecular flexibility index (Phi) is 4.35. The van der Waals surface area contributed by atoms with Gasteiger partial charge in [-0.3, -0.25) is 10.1 Å². The molecule has 0 unspecified atom stereocenters. The molecule has 4 nitrogen and oxygen atoms in total. The highest BCUT2D eigenvalue weighted by Crippen LogP contribution is 2.40. The zero-order chi connectivity index (χ0) is 16.3. The van der Waals surface area contributed by atoms with E-state index in [0.717, 1.165) is 6.07 Å². The first-order valence-corrected chi connectivity index (χ1v) is 6.32. The number of nitrogens with zero attached hydrogens (tertiary/aromatic N) is 1. The maximum absolute atomic E-state index is 13.0. The van der Waals surface area contributed by atoms with Crippen molar-refractivity contribution in [3.05, 3.63) is 69.3 Å². The molecule has 0 spiro atoms. The molecule has 7 heteroatoms. The third-order valence-corrected chi connectivity index (χ3v) is 3.04. The number of ether oxygens (including phenoxy) is 1. The Balaban J connectivity index is 2.37. The summed E-state index contributed by atoms with van der Waals surface area (Å²) >= 11 is 0. The molecule has 116 valence electrons. The molecule has 0 heterocycles. The Morgan fingerprint density at radius 2 is 1.82 bits per heavy atom. The molecule has 0 amide bonds. The van der Waals surface area contributed by atoms with Gasteiger partial charge in [-0.15, -0.1) is 0 Å². The molecule has 0 aliphatic rings. The number of benzene rings is 2. The molecule has 2 aromatic rings. The van der Waals surface area contributed by atoms with Crippen LogP contribution in [0.5, 0.6) is 5.75 Å². The first kappa shape index (κ1) is 15.8. The minimum absolute atomic E-state index is 0.0544. The summed E-state index contributed by atoms with van der Waals surface area (Å²) in [4.78, 5) is 9.95. The Morgan fingerprint density at radius 3 is 2.36 bits per heavy atom. The molecule has 0 fully saturated rings. The van der Waals surface area contributed by atoms with Crippen molar-refractivity contribution in [2.75, 3.05) is 0 Å².